The first-order chi connectivity index (χ1) is 10.5. The molecule has 1 unspecified atom stereocenters. The fourth-order valence-corrected chi connectivity index (χ4v) is 3.45. The fraction of sp³-hybridized carbons (Fsp3) is 0.235. The molecular formula is C17H17NO3S. The first-order valence-corrected chi connectivity index (χ1v) is 8.32. The molecule has 0 bridgehead atoms. The number of benzene rings is 2. The summed E-state index contributed by atoms with van der Waals surface area (Å²) in [5.41, 5.74) is 1.77. The van der Waals surface area contributed by atoms with Gasteiger partial charge in [0.05, 0.1) is 18.4 Å². The van der Waals surface area contributed by atoms with E-state index in [0.717, 1.165) is 11.1 Å². The van der Waals surface area contributed by atoms with Gasteiger partial charge in [0.2, 0.25) is 0 Å². The van der Waals surface area contributed by atoms with Gasteiger partial charge in [-0.2, -0.15) is 0 Å². The molecule has 0 fully saturated rings. The first kappa shape index (κ1) is 16.1. The topological polar surface area (TPSA) is 47.7 Å². The van der Waals surface area contributed by atoms with E-state index in [1.807, 2.05) is 6.92 Å². The summed E-state index contributed by atoms with van der Waals surface area (Å²) in [5.74, 6) is 0.699. The molecular weight excluding hydrogens is 298 g/mol. The number of aryl methyl sites for hydroxylation is 1. The van der Waals surface area contributed by atoms with Crippen LogP contribution < -0.4 is 4.74 Å². The highest BCUT2D eigenvalue weighted by Crippen LogP contribution is 2.22. The minimum atomic E-state index is -3.67. The van der Waals surface area contributed by atoms with Crippen LogP contribution in [-0.4, -0.2) is 20.9 Å². The highest BCUT2D eigenvalue weighted by Gasteiger charge is 2.32. The van der Waals surface area contributed by atoms with Gasteiger partial charge >= 0.3 is 5.37 Å². The molecule has 0 saturated heterocycles. The highest BCUT2D eigenvalue weighted by atomic mass is 32.2. The summed E-state index contributed by atoms with van der Waals surface area (Å²) in [6.45, 7) is 9.14. The van der Waals surface area contributed by atoms with Gasteiger partial charge in [0.25, 0.3) is 9.84 Å². The average Bonchev–Trinajstić information content (AvgIpc) is 2.53. The summed E-state index contributed by atoms with van der Waals surface area (Å²) in [5, 5.41) is -1.12. The molecule has 4 nitrogen and oxygen atoms in total. The molecule has 0 aliphatic heterocycles. The number of hydrogen-bond donors (Lipinski definition) is 0. The number of ether oxygens (including phenoxy) is 1. The Bertz CT molecular complexity index is 772. The van der Waals surface area contributed by atoms with E-state index in [1.165, 1.54) is 0 Å². The Morgan fingerprint density at radius 2 is 1.68 bits per heavy atom. The Labute approximate surface area is 131 Å². The van der Waals surface area contributed by atoms with Gasteiger partial charge in [-0.05, 0) is 36.8 Å². The minimum Gasteiger partial charge on any atom is -0.497 e. The number of rotatable bonds is 5. The molecule has 0 aliphatic rings. The predicted molar refractivity (Wildman–Crippen MR) is 85.5 cm³/mol. The zero-order chi connectivity index (χ0) is 16.2. The molecule has 0 amide bonds. The van der Waals surface area contributed by atoms with E-state index < -0.39 is 15.2 Å². The Balaban J connectivity index is 2.26. The van der Waals surface area contributed by atoms with E-state index in [9.17, 15) is 8.42 Å². The maximum atomic E-state index is 12.6. The monoisotopic (exact) mass is 315 g/mol. The summed E-state index contributed by atoms with van der Waals surface area (Å²) in [4.78, 5) is 3.51. The van der Waals surface area contributed by atoms with Crippen LogP contribution in [-0.2, 0) is 16.3 Å². The zero-order valence-electron chi connectivity index (χ0n) is 12.5. The Hall–Kier alpha value is -2.32. The van der Waals surface area contributed by atoms with Gasteiger partial charge in [-0.1, -0.05) is 29.8 Å². The van der Waals surface area contributed by atoms with Crippen LogP contribution in [0, 0.1) is 13.5 Å². The quantitative estimate of drug-likeness (QED) is 0.796. The van der Waals surface area contributed by atoms with Crippen LogP contribution in [0.2, 0.25) is 0 Å². The van der Waals surface area contributed by atoms with Gasteiger partial charge in [-0.25, -0.2) is 15.0 Å². The smallest absolute Gasteiger partial charge is 0.329 e. The first-order valence-electron chi connectivity index (χ1n) is 6.77. The van der Waals surface area contributed by atoms with E-state index in [4.69, 9.17) is 11.3 Å². The van der Waals surface area contributed by atoms with Crippen molar-refractivity contribution in [2.45, 2.75) is 23.6 Å². The number of sulfone groups is 1. The van der Waals surface area contributed by atoms with Crippen LogP contribution in [0.15, 0.2) is 53.4 Å². The van der Waals surface area contributed by atoms with Gasteiger partial charge in [0.1, 0.15) is 5.75 Å². The van der Waals surface area contributed by atoms with Crippen molar-refractivity contribution < 1.29 is 13.2 Å². The van der Waals surface area contributed by atoms with Crippen LogP contribution in [0.3, 0.4) is 0 Å². The van der Waals surface area contributed by atoms with Crippen LogP contribution in [0.5, 0.6) is 5.75 Å². The second kappa shape index (κ2) is 6.63. The molecule has 5 heteroatoms. The third-order valence-electron chi connectivity index (χ3n) is 3.42. The maximum absolute atomic E-state index is 12.6. The average molecular weight is 315 g/mol. The van der Waals surface area contributed by atoms with Gasteiger partial charge < -0.3 is 4.74 Å². The van der Waals surface area contributed by atoms with Crippen molar-refractivity contribution in [3.05, 3.63) is 71.1 Å². The lowest BCUT2D eigenvalue weighted by Gasteiger charge is -2.09. The fourth-order valence-electron chi connectivity index (χ4n) is 2.07. The summed E-state index contributed by atoms with van der Waals surface area (Å²) in [6.07, 6.45) is 0.156. The van der Waals surface area contributed by atoms with Crippen molar-refractivity contribution in [2.24, 2.45) is 0 Å². The van der Waals surface area contributed by atoms with Crippen molar-refractivity contribution in [2.75, 3.05) is 7.11 Å². The predicted octanol–water partition coefficient (Wildman–Crippen LogP) is 3.27. The van der Waals surface area contributed by atoms with Gasteiger partial charge in [-0.3, -0.25) is 4.85 Å². The van der Waals surface area contributed by atoms with Crippen molar-refractivity contribution in [1.82, 2.24) is 0 Å². The van der Waals surface area contributed by atoms with Gasteiger partial charge in [0.15, 0.2) is 0 Å². The minimum absolute atomic E-state index is 0.156. The second-order valence-electron chi connectivity index (χ2n) is 4.99. The Morgan fingerprint density at radius 1 is 1.09 bits per heavy atom. The molecule has 2 aromatic carbocycles. The zero-order valence-corrected chi connectivity index (χ0v) is 13.3. The summed E-state index contributed by atoms with van der Waals surface area (Å²) < 4.78 is 30.2. The van der Waals surface area contributed by atoms with E-state index >= 15 is 0 Å². The van der Waals surface area contributed by atoms with E-state index in [2.05, 4.69) is 4.85 Å². The second-order valence-corrected chi connectivity index (χ2v) is 7.10. The largest absolute Gasteiger partial charge is 0.497 e. The molecule has 1 atom stereocenters. The van der Waals surface area contributed by atoms with Gasteiger partial charge in [-0.15, -0.1) is 0 Å². The normalized spacial score (nSPS) is 12.4. The Kier molecular flexibility index (Phi) is 4.84. The lowest BCUT2D eigenvalue weighted by molar-refractivity contribution is 0.414. The van der Waals surface area contributed by atoms with Crippen LogP contribution >= 0.6 is 0 Å². The third-order valence-corrected chi connectivity index (χ3v) is 5.34. The molecule has 0 N–H and O–H groups in total. The van der Waals surface area contributed by atoms with Crippen LogP contribution in [0.1, 0.15) is 11.1 Å². The maximum Gasteiger partial charge on any atom is 0.329 e. The number of methoxy groups -OCH3 is 1. The van der Waals surface area contributed by atoms with E-state index in [1.54, 1.807) is 55.6 Å². The number of hydrogen-bond acceptors (Lipinski definition) is 3. The summed E-state index contributed by atoms with van der Waals surface area (Å²) >= 11 is 0. The molecule has 2 aromatic rings. The van der Waals surface area contributed by atoms with Crippen molar-refractivity contribution in [3.8, 4) is 5.75 Å². The third kappa shape index (κ3) is 3.46. The highest BCUT2D eigenvalue weighted by molar-refractivity contribution is 7.92. The van der Waals surface area contributed by atoms with Crippen molar-refractivity contribution >= 4 is 9.84 Å². The SMILES string of the molecule is [C-]#[N+]C(Cc1ccc(OC)cc1)S(=O)(=O)c1ccc(C)cc1. The molecule has 0 aromatic heterocycles. The molecule has 0 spiro atoms. The molecule has 0 radical (unpaired) electrons. The Morgan fingerprint density at radius 3 is 2.18 bits per heavy atom. The molecule has 22 heavy (non-hydrogen) atoms. The molecule has 2 rings (SSSR count). The van der Waals surface area contributed by atoms with Gasteiger partial charge in [0, 0.05) is 0 Å². The van der Waals surface area contributed by atoms with Crippen LogP contribution in [0.4, 0.5) is 0 Å². The lowest BCUT2D eigenvalue weighted by Crippen LogP contribution is -2.20. The lowest BCUT2D eigenvalue weighted by atomic mass is 10.1. The summed E-state index contributed by atoms with van der Waals surface area (Å²) in [7, 11) is -2.10. The summed E-state index contributed by atoms with van der Waals surface area (Å²) in [6, 6.07) is 13.7. The molecule has 114 valence electrons. The van der Waals surface area contributed by atoms with E-state index in [-0.39, 0.29) is 11.3 Å². The standard InChI is InChI=1S/C17H17NO3S/c1-13-4-10-16(11-5-13)22(19,20)17(18-2)12-14-6-8-15(21-3)9-7-14/h4-11,17H,12H2,1,3H3. The van der Waals surface area contributed by atoms with E-state index in [0.29, 0.717) is 5.75 Å². The molecule has 0 heterocycles. The van der Waals surface area contributed by atoms with Crippen molar-refractivity contribution in [3.63, 3.8) is 0 Å². The molecule has 0 aliphatic carbocycles. The molecule has 0 saturated carbocycles. The van der Waals surface area contributed by atoms with Crippen molar-refractivity contribution in [1.29, 1.82) is 0 Å². The number of nitrogens with zero attached hydrogens (tertiary/aromatic N) is 1. The van der Waals surface area contributed by atoms with Crippen LogP contribution in [0.25, 0.3) is 4.85 Å².